The van der Waals surface area contributed by atoms with Crippen molar-refractivity contribution in [2.24, 2.45) is 5.73 Å². The molecule has 0 aliphatic heterocycles. The Labute approximate surface area is 94.3 Å². The Kier molecular flexibility index (Phi) is 4.48. The van der Waals surface area contributed by atoms with Crippen LogP contribution >= 0.6 is 0 Å². The summed E-state index contributed by atoms with van der Waals surface area (Å²) >= 11 is 0. The lowest BCUT2D eigenvalue weighted by atomic mass is 10.1. The molecule has 0 radical (unpaired) electrons. The standard InChI is InChI=1S/C12H19NOS/c1-9-4-10(2)6-12(5-9)8-15(14)7-11(3)13/h4-6,11H,7-8,13H2,1-3H3. The van der Waals surface area contributed by atoms with E-state index in [1.54, 1.807) is 0 Å². The molecule has 2 N–H and O–H groups in total. The summed E-state index contributed by atoms with van der Waals surface area (Å²) in [5.74, 6) is 1.19. The lowest BCUT2D eigenvalue weighted by molar-refractivity contribution is 0.676. The largest absolute Gasteiger partial charge is 0.327 e. The zero-order valence-electron chi connectivity index (χ0n) is 9.62. The minimum Gasteiger partial charge on any atom is -0.327 e. The zero-order valence-corrected chi connectivity index (χ0v) is 10.4. The summed E-state index contributed by atoms with van der Waals surface area (Å²) in [5.41, 5.74) is 9.21. The van der Waals surface area contributed by atoms with Crippen molar-refractivity contribution in [1.29, 1.82) is 0 Å². The van der Waals surface area contributed by atoms with Crippen LogP contribution in [0.2, 0.25) is 0 Å². The summed E-state index contributed by atoms with van der Waals surface area (Å²) in [5, 5.41) is 0. The molecule has 2 unspecified atom stereocenters. The van der Waals surface area contributed by atoms with Gasteiger partial charge in [-0.2, -0.15) is 0 Å². The fourth-order valence-corrected chi connectivity index (χ4v) is 2.93. The number of benzene rings is 1. The van der Waals surface area contributed by atoms with Crippen molar-refractivity contribution >= 4 is 10.8 Å². The third-order valence-corrected chi connectivity index (χ3v) is 3.61. The molecule has 1 rings (SSSR count). The van der Waals surface area contributed by atoms with E-state index in [2.05, 4.69) is 32.0 Å². The first kappa shape index (κ1) is 12.4. The fourth-order valence-electron chi connectivity index (χ4n) is 1.69. The van der Waals surface area contributed by atoms with Gasteiger partial charge in [-0.3, -0.25) is 4.21 Å². The molecular formula is C12H19NOS. The van der Waals surface area contributed by atoms with Crippen LogP contribution < -0.4 is 5.73 Å². The molecule has 84 valence electrons. The Morgan fingerprint density at radius 1 is 1.27 bits per heavy atom. The molecule has 0 heterocycles. The Morgan fingerprint density at radius 3 is 2.27 bits per heavy atom. The van der Waals surface area contributed by atoms with Crippen molar-refractivity contribution in [1.82, 2.24) is 0 Å². The summed E-state index contributed by atoms with van der Waals surface area (Å²) in [6.07, 6.45) is 0. The molecule has 0 bridgehead atoms. The van der Waals surface area contributed by atoms with Crippen molar-refractivity contribution < 1.29 is 4.21 Å². The van der Waals surface area contributed by atoms with Gasteiger partial charge in [-0.25, -0.2) is 0 Å². The highest BCUT2D eigenvalue weighted by atomic mass is 32.2. The number of rotatable bonds is 4. The van der Waals surface area contributed by atoms with E-state index in [9.17, 15) is 4.21 Å². The van der Waals surface area contributed by atoms with E-state index in [1.165, 1.54) is 11.1 Å². The molecule has 1 aromatic carbocycles. The first-order valence-corrected chi connectivity index (χ1v) is 6.64. The van der Waals surface area contributed by atoms with Crippen LogP contribution in [-0.4, -0.2) is 16.0 Å². The maximum Gasteiger partial charge on any atom is 0.0486 e. The van der Waals surface area contributed by atoms with Gasteiger partial charge >= 0.3 is 0 Å². The molecule has 0 saturated carbocycles. The number of hydrogen-bond donors (Lipinski definition) is 1. The summed E-state index contributed by atoms with van der Waals surface area (Å²) < 4.78 is 11.7. The predicted molar refractivity (Wildman–Crippen MR) is 66.3 cm³/mol. The molecule has 15 heavy (non-hydrogen) atoms. The first-order chi connectivity index (χ1) is 6.97. The molecule has 3 heteroatoms. The van der Waals surface area contributed by atoms with Gasteiger partial charge in [0, 0.05) is 28.3 Å². The molecule has 0 fully saturated rings. The lowest BCUT2D eigenvalue weighted by Crippen LogP contribution is -2.23. The van der Waals surface area contributed by atoms with E-state index in [0.717, 1.165) is 5.56 Å². The van der Waals surface area contributed by atoms with Crippen LogP contribution in [0.25, 0.3) is 0 Å². The number of aryl methyl sites for hydroxylation is 2. The minimum absolute atomic E-state index is 0.0109. The van der Waals surface area contributed by atoms with Crippen LogP contribution in [0.15, 0.2) is 18.2 Å². The van der Waals surface area contributed by atoms with E-state index in [1.807, 2.05) is 6.92 Å². The second-order valence-corrected chi connectivity index (χ2v) is 5.73. The van der Waals surface area contributed by atoms with Crippen LogP contribution in [0.5, 0.6) is 0 Å². The van der Waals surface area contributed by atoms with Crippen LogP contribution in [0.4, 0.5) is 0 Å². The summed E-state index contributed by atoms with van der Waals surface area (Å²) in [6, 6.07) is 6.31. The smallest absolute Gasteiger partial charge is 0.0486 e. The second-order valence-electron chi connectivity index (χ2n) is 4.22. The van der Waals surface area contributed by atoms with Gasteiger partial charge in [0.15, 0.2) is 0 Å². The summed E-state index contributed by atoms with van der Waals surface area (Å²) in [6.45, 7) is 6.01. The Hall–Kier alpha value is -0.670. The normalized spacial score (nSPS) is 14.9. The van der Waals surface area contributed by atoms with Gasteiger partial charge in [-0.1, -0.05) is 29.3 Å². The van der Waals surface area contributed by atoms with Gasteiger partial charge < -0.3 is 5.73 Å². The number of hydrogen-bond acceptors (Lipinski definition) is 2. The zero-order chi connectivity index (χ0) is 11.4. The van der Waals surface area contributed by atoms with Crippen molar-refractivity contribution in [2.45, 2.75) is 32.6 Å². The van der Waals surface area contributed by atoms with E-state index < -0.39 is 10.8 Å². The summed E-state index contributed by atoms with van der Waals surface area (Å²) in [4.78, 5) is 0. The maximum absolute atomic E-state index is 11.7. The molecule has 0 saturated heterocycles. The Morgan fingerprint density at radius 2 is 1.80 bits per heavy atom. The topological polar surface area (TPSA) is 43.1 Å². The molecule has 0 aromatic heterocycles. The third kappa shape index (κ3) is 4.58. The van der Waals surface area contributed by atoms with E-state index in [-0.39, 0.29) is 6.04 Å². The van der Waals surface area contributed by atoms with Crippen LogP contribution in [0, 0.1) is 13.8 Å². The van der Waals surface area contributed by atoms with Crippen LogP contribution in [-0.2, 0) is 16.6 Å². The number of nitrogens with two attached hydrogens (primary N) is 1. The predicted octanol–water partition coefficient (Wildman–Crippen LogP) is 1.90. The molecule has 0 amide bonds. The lowest BCUT2D eigenvalue weighted by Gasteiger charge is -2.07. The average molecular weight is 225 g/mol. The maximum atomic E-state index is 11.7. The first-order valence-electron chi connectivity index (χ1n) is 5.15. The van der Waals surface area contributed by atoms with Gasteiger partial charge in [0.1, 0.15) is 0 Å². The van der Waals surface area contributed by atoms with E-state index in [0.29, 0.717) is 11.5 Å². The van der Waals surface area contributed by atoms with Gasteiger partial charge in [0.2, 0.25) is 0 Å². The SMILES string of the molecule is Cc1cc(C)cc(CS(=O)CC(C)N)c1. The van der Waals surface area contributed by atoms with E-state index >= 15 is 0 Å². The van der Waals surface area contributed by atoms with Crippen molar-refractivity contribution in [2.75, 3.05) is 5.75 Å². The van der Waals surface area contributed by atoms with Crippen molar-refractivity contribution in [3.8, 4) is 0 Å². The van der Waals surface area contributed by atoms with Crippen LogP contribution in [0.3, 0.4) is 0 Å². The Balaban J connectivity index is 2.68. The van der Waals surface area contributed by atoms with E-state index in [4.69, 9.17) is 5.73 Å². The van der Waals surface area contributed by atoms with Gasteiger partial charge in [0.05, 0.1) is 0 Å². The quantitative estimate of drug-likeness (QED) is 0.850. The highest BCUT2D eigenvalue weighted by Gasteiger charge is 2.05. The van der Waals surface area contributed by atoms with Crippen molar-refractivity contribution in [3.05, 3.63) is 34.9 Å². The average Bonchev–Trinajstić information content (AvgIpc) is 1.98. The minimum atomic E-state index is -0.843. The highest BCUT2D eigenvalue weighted by molar-refractivity contribution is 7.84. The third-order valence-electron chi connectivity index (χ3n) is 2.06. The Bertz CT molecular complexity index is 340. The molecule has 2 atom stereocenters. The molecule has 0 aliphatic rings. The second kappa shape index (κ2) is 5.42. The fraction of sp³-hybridized carbons (Fsp3) is 0.500. The van der Waals surface area contributed by atoms with Crippen LogP contribution in [0.1, 0.15) is 23.6 Å². The molecular weight excluding hydrogens is 206 g/mol. The van der Waals surface area contributed by atoms with Gasteiger partial charge in [-0.15, -0.1) is 0 Å². The van der Waals surface area contributed by atoms with Gasteiger partial charge in [-0.05, 0) is 26.3 Å². The monoisotopic (exact) mass is 225 g/mol. The van der Waals surface area contributed by atoms with Gasteiger partial charge in [0.25, 0.3) is 0 Å². The summed E-state index contributed by atoms with van der Waals surface area (Å²) in [7, 11) is -0.843. The highest BCUT2D eigenvalue weighted by Crippen LogP contribution is 2.11. The molecule has 0 spiro atoms. The molecule has 1 aromatic rings. The molecule has 2 nitrogen and oxygen atoms in total. The van der Waals surface area contributed by atoms with Crippen molar-refractivity contribution in [3.63, 3.8) is 0 Å². The molecule has 0 aliphatic carbocycles.